The Balaban J connectivity index is 2.06. The summed E-state index contributed by atoms with van der Waals surface area (Å²) in [5, 5.41) is 3.20. The lowest BCUT2D eigenvalue weighted by Gasteiger charge is -2.19. The van der Waals surface area contributed by atoms with Gasteiger partial charge in [-0.15, -0.1) is 0 Å². The summed E-state index contributed by atoms with van der Waals surface area (Å²) in [5.41, 5.74) is 3.97. The molecule has 6 heteroatoms. The number of hydroxylamine groups is 1. The van der Waals surface area contributed by atoms with Crippen molar-refractivity contribution >= 4 is 11.9 Å². The first-order valence-corrected chi connectivity index (χ1v) is 6.75. The van der Waals surface area contributed by atoms with Gasteiger partial charge in [0.1, 0.15) is 0 Å². The molecule has 1 aliphatic heterocycles. The van der Waals surface area contributed by atoms with Gasteiger partial charge in [-0.2, -0.15) is 0 Å². The smallest absolute Gasteiger partial charge is 0.362 e. The number of hydrogen-bond acceptors (Lipinski definition) is 6. The van der Waals surface area contributed by atoms with E-state index in [1.54, 1.807) is 30.3 Å². The van der Waals surface area contributed by atoms with Gasteiger partial charge in [0.2, 0.25) is 0 Å². The Morgan fingerprint density at radius 2 is 1.81 bits per heavy atom. The number of nitrogens with one attached hydrogen (secondary N) is 2. The lowest BCUT2D eigenvalue weighted by atomic mass is 10.0. The third-order valence-corrected chi connectivity index (χ3v) is 3.21. The molecule has 112 valence electrons. The second-order valence-corrected chi connectivity index (χ2v) is 4.58. The highest BCUT2D eigenvalue weighted by atomic mass is 16.7. The van der Waals surface area contributed by atoms with Crippen molar-refractivity contribution in [1.82, 2.24) is 10.8 Å². The number of hydrogen-bond donors (Lipinski definition) is 2. The molecule has 0 atom stereocenters. The third-order valence-electron chi connectivity index (χ3n) is 3.21. The van der Waals surface area contributed by atoms with Crippen LogP contribution in [0.25, 0.3) is 0 Å². The number of rotatable bonds is 4. The summed E-state index contributed by atoms with van der Waals surface area (Å²) in [7, 11) is 1.30. The predicted octanol–water partition coefficient (Wildman–Crippen LogP) is 1.16. The maximum Gasteiger partial charge on any atom is 0.362 e. The predicted molar refractivity (Wildman–Crippen MR) is 76.1 cm³/mol. The average Bonchev–Trinajstić information content (AvgIpc) is 2.56. The average molecular weight is 290 g/mol. The van der Waals surface area contributed by atoms with Crippen LogP contribution in [0, 0.1) is 0 Å². The highest BCUT2D eigenvalue weighted by Crippen LogP contribution is 2.15. The summed E-state index contributed by atoms with van der Waals surface area (Å²) in [6.45, 7) is 1.56. The van der Waals surface area contributed by atoms with Crippen molar-refractivity contribution in [3.05, 3.63) is 47.2 Å². The van der Waals surface area contributed by atoms with Crippen LogP contribution in [0.3, 0.4) is 0 Å². The molecule has 1 heterocycles. The molecule has 0 amide bonds. The minimum Gasteiger partial charge on any atom is -0.464 e. The molecule has 1 fully saturated rings. The first-order chi connectivity index (χ1) is 10.2. The molecule has 2 rings (SSSR count). The van der Waals surface area contributed by atoms with Gasteiger partial charge in [0.25, 0.3) is 0 Å². The fourth-order valence-corrected chi connectivity index (χ4v) is 2.07. The van der Waals surface area contributed by atoms with Gasteiger partial charge in [-0.25, -0.2) is 15.1 Å². The van der Waals surface area contributed by atoms with Crippen LogP contribution in [0.5, 0.6) is 0 Å². The number of carbonyl (C=O) groups is 2. The monoisotopic (exact) mass is 290 g/mol. The van der Waals surface area contributed by atoms with Crippen molar-refractivity contribution in [2.75, 3.05) is 20.2 Å². The van der Waals surface area contributed by atoms with Crippen molar-refractivity contribution in [2.24, 2.45) is 0 Å². The van der Waals surface area contributed by atoms with Gasteiger partial charge >= 0.3 is 11.9 Å². The van der Waals surface area contributed by atoms with E-state index in [-0.39, 0.29) is 5.70 Å². The van der Waals surface area contributed by atoms with Gasteiger partial charge in [-0.1, -0.05) is 18.2 Å². The van der Waals surface area contributed by atoms with Crippen LogP contribution in [0.2, 0.25) is 0 Å². The van der Waals surface area contributed by atoms with E-state index in [9.17, 15) is 9.59 Å². The van der Waals surface area contributed by atoms with Gasteiger partial charge in [0, 0.05) is 0 Å². The molecule has 0 saturated carbocycles. The largest absolute Gasteiger partial charge is 0.464 e. The molecule has 0 spiro atoms. The van der Waals surface area contributed by atoms with E-state index in [2.05, 4.69) is 10.8 Å². The molecule has 0 aliphatic carbocycles. The lowest BCUT2D eigenvalue weighted by molar-refractivity contribution is -0.137. The first-order valence-electron chi connectivity index (χ1n) is 6.75. The molecule has 6 nitrogen and oxygen atoms in total. The number of piperidine rings is 1. The van der Waals surface area contributed by atoms with Crippen LogP contribution in [-0.2, 0) is 14.4 Å². The van der Waals surface area contributed by atoms with Crippen LogP contribution < -0.4 is 10.8 Å². The molecular formula is C15H18N2O4. The zero-order chi connectivity index (χ0) is 15.1. The van der Waals surface area contributed by atoms with Gasteiger partial charge in [0.05, 0.1) is 12.7 Å². The number of esters is 1. The van der Waals surface area contributed by atoms with Crippen LogP contribution in [0.15, 0.2) is 41.6 Å². The van der Waals surface area contributed by atoms with Gasteiger partial charge in [-0.3, -0.25) is 0 Å². The first kappa shape index (κ1) is 15.1. The van der Waals surface area contributed by atoms with E-state index in [1.165, 1.54) is 7.11 Å². The maximum atomic E-state index is 11.9. The second-order valence-electron chi connectivity index (χ2n) is 4.58. The van der Waals surface area contributed by atoms with E-state index >= 15 is 0 Å². The zero-order valence-corrected chi connectivity index (χ0v) is 11.8. The van der Waals surface area contributed by atoms with Gasteiger partial charge in [-0.05, 0) is 43.6 Å². The Morgan fingerprint density at radius 3 is 2.43 bits per heavy atom. The summed E-state index contributed by atoms with van der Waals surface area (Å²) in [6.07, 6.45) is 1.42. The number of carbonyl (C=O) groups excluding carboxylic acids is 2. The third kappa shape index (κ3) is 4.06. The molecule has 1 aliphatic rings. The van der Waals surface area contributed by atoms with E-state index in [1.807, 2.05) is 0 Å². The molecule has 2 N–H and O–H groups in total. The van der Waals surface area contributed by atoms with E-state index < -0.39 is 11.9 Å². The van der Waals surface area contributed by atoms with E-state index in [0.717, 1.165) is 18.7 Å². The summed E-state index contributed by atoms with van der Waals surface area (Å²) < 4.78 is 4.73. The zero-order valence-electron chi connectivity index (χ0n) is 11.8. The molecule has 0 radical (unpaired) electrons. The summed E-state index contributed by atoms with van der Waals surface area (Å²) in [6, 6.07) is 8.56. The Bertz CT molecular complexity index is 532. The number of methoxy groups -OCH3 is 1. The van der Waals surface area contributed by atoms with E-state index in [4.69, 9.17) is 9.57 Å². The molecule has 0 bridgehead atoms. The highest BCUT2D eigenvalue weighted by Gasteiger charge is 2.20. The quantitative estimate of drug-likeness (QED) is 0.492. The lowest BCUT2D eigenvalue weighted by Crippen LogP contribution is -2.31. The van der Waals surface area contributed by atoms with Gasteiger partial charge < -0.3 is 14.9 Å². The van der Waals surface area contributed by atoms with E-state index in [0.29, 0.717) is 18.4 Å². The van der Waals surface area contributed by atoms with Crippen LogP contribution >= 0.6 is 0 Å². The molecule has 1 saturated heterocycles. The Labute approximate surface area is 123 Å². The van der Waals surface area contributed by atoms with Gasteiger partial charge in [0.15, 0.2) is 5.70 Å². The van der Waals surface area contributed by atoms with Crippen LogP contribution in [0.1, 0.15) is 23.2 Å². The van der Waals surface area contributed by atoms with Crippen LogP contribution in [0.4, 0.5) is 0 Å². The Morgan fingerprint density at radius 1 is 1.14 bits per heavy atom. The Kier molecular flexibility index (Phi) is 5.34. The molecule has 0 unspecified atom stereocenters. The maximum absolute atomic E-state index is 11.9. The number of ether oxygens (including phenoxy) is 1. The second kappa shape index (κ2) is 7.44. The fraction of sp³-hybridized carbons (Fsp3) is 0.333. The summed E-state index contributed by atoms with van der Waals surface area (Å²) >= 11 is 0. The SMILES string of the molecule is COC(=O)C(NOC(=O)c1ccccc1)=C1CCNCC1. The minimum absolute atomic E-state index is 0.211. The number of benzene rings is 1. The van der Waals surface area contributed by atoms with Crippen molar-refractivity contribution in [1.29, 1.82) is 0 Å². The molecule has 21 heavy (non-hydrogen) atoms. The normalized spacial score (nSPS) is 14.2. The molecule has 1 aromatic carbocycles. The fourth-order valence-electron chi connectivity index (χ4n) is 2.07. The summed E-state index contributed by atoms with van der Waals surface area (Å²) in [4.78, 5) is 28.7. The minimum atomic E-state index is -0.550. The van der Waals surface area contributed by atoms with Crippen molar-refractivity contribution in [3.63, 3.8) is 0 Å². The van der Waals surface area contributed by atoms with Crippen molar-refractivity contribution < 1.29 is 19.2 Å². The Hall–Kier alpha value is -2.34. The van der Waals surface area contributed by atoms with Crippen molar-refractivity contribution in [3.8, 4) is 0 Å². The summed E-state index contributed by atoms with van der Waals surface area (Å²) in [5.74, 6) is -1.08. The standard InChI is InChI=1S/C15H18N2O4/c1-20-15(19)13(11-7-9-16-10-8-11)17-21-14(18)12-5-3-2-4-6-12/h2-6,16-17H,7-10H2,1H3. The van der Waals surface area contributed by atoms with Crippen LogP contribution in [-0.4, -0.2) is 32.1 Å². The highest BCUT2D eigenvalue weighted by molar-refractivity contribution is 5.91. The molecular weight excluding hydrogens is 272 g/mol. The topological polar surface area (TPSA) is 76.7 Å². The molecule has 1 aromatic rings. The van der Waals surface area contributed by atoms with Crippen molar-refractivity contribution in [2.45, 2.75) is 12.8 Å². The molecule has 0 aromatic heterocycles.